The second-order valence-corrected chi connectivity index (χ2v) is 5.87. The van der Waals surface area contributed by atoms with E-state index < -0.39 is 18.2 Å². The lowest BCUT2D eigenvalue weighted by Gasteiger charge is -2.16. The fourth-order valence-electron chi connectivity index (χ4n) is 2.58. The number of esters is 1. The average Bonchev–Trinajstić information content (AvgIpc) is 3.20. The number of nitrogens with one attached hydrogen (secondary N) is 1. The van der Waals surface area contributed by atoms with Crippen LogP contribution in [0.3, 0.4) is 0 Å². The Labute approximate surface area is 169 Å². The number of carbonyl (C=O) groups excluding carboxylic acids is 2. The van der Waals surface area contributed by atoms with Crippen molar-refractivity contribution in [2.75, 3.05) is 27.4 Å². The molecule has 158 valence electrons. The van der Waals surface area contributed by atoms with Crippen LogP contribution in [0.4, 0.5) is 0 Å². The number of benzene rings is 1. The molecule has 29 heavy (non-hydrogen) atoms. The highest BCUT2D eigenvalue weighted by molar-refractivity contribution is 5.93. The van der Waals surface area contributed by atoms with Gasteiger partial charge in [-0.2, -0.15) is 0 Å². The first-order valence-electron chi connectivity index (χ1n) is 9.19. The fourth-order valence-corrected chi connectivity index (χ4v) is 2.58. The van der Waals surface area contributed by atoms with Crippen molar-refractivity contribution in [2.45, 2.75) is 33.2 Å². The van der Waals surface area contributed by atoms with Crippen molar-refractivity contribution >= 4 is 11.9 Å². The Morgan fingerprint density at radius 3 is 2.52 bits per heavy atom. The van der Waals surface area contributed by atoms with E-state index in [0.717, 1.165) is 0 Å². The van der Waals surface area contributed by atoms with Gasteiger partial charge in [0.1, 0.15) is 11.3 Å². The molecule has 2 aromatic rings. The first-order valence-corrected chi connectivity index (χ1v) is 9.19. The summed E-state index contributed by atoms with van der Waals surface area (Å²) in [5.41, 5.74) is 1.16. The van der Waals surface area contributed by atoms with E-state index in [1.165, 1.54) is 25.1 Å². The number of hydrogen-bond donors (Lipinski definition) is 1. The Kier molecular flexibility index (Phi) is 8.56. The van der Waals surface area contributed by atoms with Crippen molar-refractivity contribution in [3.63, 3.8) is 0 Å². The molecule has 0 atom stereocenters. The summed E-state index contributed by atoms with van der Waals surface area (Å²) < 4.78 is 22.3. The van der Waals surface area contributed by atoms with Crippen molar-refractivity contribution in [1.82, 2.24) is 20.3 Å². The molecule has 0 saturated carbocycles. The van der Waals surface area contributed by atoms with Gasteiger partial charge < -0.3 is 24.3 Å². The van der Waals surface area contributed by atoms with E-state index >= 15 is 0 Å². The molecule has 0 unspecified atom stereocenters. The monoisotopic (exact) mass is 406 g/mol. The summed E-state index contributed by atoms with van der Waals surface area (Å²) in [5, 5.41) is 10.6. The van der Waals surface area contributed by atoms with Crippen LogP contribution in [0, 0.1) is 0 Å². The molecule has 2 rings (SSSR count). The summed E-state index contributed by atoms with van der Waals surface area (Å²) in [7, 11) is 2.76. The van der Waals surface area contributed by atoms with Crippen molar-refractivity contribution in [3.8, 4) is 5.75 Å². The molecule has 0 spiro atoms. The number of ether oxygens (including phenoxy) is 4. The maximum atomic E-state index is 12.4. The number of nitrogens with zero attached hydrogens (tertiary/aromatic N) is 3. The molecule has 1 aromatic heterocycles. The number of rotatable bonds is 11. The average molecular weight is 406 g/mol. The molecule has 10 heteroatoms. The Hall–Kier alpha value is -2.98. The predicted octanol–water partition coefficient (Wildman–Crippen LogP) is 1.40. The van der Waals surface area contributed by atoms with Gasteiger partial charge in [-0.1, -0.05) is 11.3 Å². The minimum Gasteiger partial charge on any atom is -0.496 e. The number of methoxy groups -OCH3 is 2. The number of amides is 1. The minimum atomic E-state index is -0.517. The highest BCUT2D eigenvalue weighted by atomic mass is 16.7. The van der Waals surface area contributed by atoms with Crippen molar-refractivity contribution in [1.29, 1.82) is 0 Å². The Bertz CT molecular complexity index is 817. The molecule has 0 radical (unpaired) electrons. The number of hydrogen-bond acceptors (Lipinski definition) is 8. The van der Waals surface area contributed by atoms with Crippen molar-refractivity contribution in [2.24, 2.45) is 0 Å². The van der Waals surface area contributed by atoms with Crippen molar-refractivity contribution in [3.05, 3.63) is 41.2 Å². The van der Waals surface area contributed by atoms with Crippen LogP contribution in [-0.4, -0.2) is 60.6 Å². The summed E-state index contributed by atoms with van der Waals surface area (Å²) in [6.07, 6.45) is 1.06. The molecular weight excluding hydrogens is 380 g/mol. The Morgan fingerprint density at radius 1 is 1.17 bits per heavy atom. The quantitative estimate of drug-likeness (QED) is 0.440. The summed E-state index contributed by atoms with van der Waals surface area (Å²) >= 11 is 0. The van der Waals surface area contributed by atoms with E-state index in [0.29, 0.717) is 31.1 Å². The molecule has 1 aromatic carbocycles. The Balaban J connectivity index is 1.99. The van der Waals surface area contributed by atoms with E-state index in [-0.39, 0.29) is 17.8 Å². The predicted molar refractivity (Wildman–Crippen MR) is 103 cm³/mol. The standard InChI is InChI=1S/C19H26N4O6/c1-5-28-17(29-6-2)12-23-11-15(21-22-23)18(24)20-10-13-7-8-16(26-3)14(9-13)19(25)27-4/h7-9,11,17H,5-6,10,12H2,1-4H3,(H,20,24). The van der Waals surface area contributed by atoms with Gasteiger partial charge in [-0.15, -0.1) is 5.10 Å². The van der Waals surface area contributed by atoms with Crippen LogP contribution >= 0.6 is 0 Å². The van der Waals surface area contributed by atoms with Crippen LogP contribution in [0.5, 0.6) is 5.75 Å². The minimum absolute atomic E-state index is 0.165. The number of carbonyl (C=O) groups is 2. The zero-order chi connectivity index (χ0) is 21.2. The maximum absolute atomic E-state index is 12.4. The zero-order valence-corrected chi connectivity index (χ0v) is 17.0. The van der Waals surface area contributed by atoms with Gasteiger partial charge in [0, 0.05) is 19.8 Å². The normalized spacial score (nSPS) is 10.8. The molecule has 0 saturated heterocycles. The first kappa shape index (κ1) is 22.3. The van der Waals surface area contributed by atoms with Crippen LogP contribution < -0.4 is 10.1 Å². The van der Waals surface area contributed by atoms with E-state index in [4.69, 9.17) is 18.9 Å². The van der Waals surface area contributed by atoms with Gasteiger partial charge in [-0.25, -0.2) is 9.48 Å². The summed E-state index contributed by atoms with van der Waals surface area (Å²) in [4.78, 5) is 24.2. The molecule has 1 N–H and O–H groups in total. The fraction of sp³-hybridized carbons (Fsp3) is 0.474. The topological polar surface area (TPSA) is 114 Å². The zero-order valence-electron chi connectivity index (χ0n) is 17.0. The largest absolute Gasteiger partial charge is 0.496 e. The summed E-state index contributed by atoms with van der Waals surface area (Å²) in [5.74, 6) is -0.514. The van der Waals surface area contributed by atoms with E-state index in [1.807, 2.05) is 13.8 Å². The van der Waals surface area contributed by atoms with Crippen LogP contribution in [0.1, 0.15) is 40.3 Å². The smallest absolute Gasteiger partial charge is 0.341 e. The second-order valence-electron chi connectivity index (χ2n) is 5.87. The van der Waals surface area contributed by atoms with Crippen LogP contribution in [-0.2, 0) is 27.3 Å². The van der Waals surface area contributed by atoms with Crippen LogP contribution in [0.2, 0.25) is 0 Å². The molecule has 1 heterocycles. The van der Waals surface area contributed by atoms with Gasteiger partial charge >= 0.3 is 5.97 Å². The molecule has 0 aliphatic rings. The third-order valence-electron chi connectivity index (χ3n) is 3.93. The van der Waals surface area contributed by atoms with Gasteiger partial charge in [0.2, 0.25) is 0 Å². The van der Waals surface area contributed by atoms with Crippen LogP contribution in [0.15, 0.2) is 24.4 Å². The maximum Gasteiger partial charge on any atom is 0.341 e. The summed E-state index contributed by atoms with van der Waals surface area (Å²) in [6.45, 7) is 5.27. The van der Waals surface area contributed by atoms with Gasteiger partial charge in [-0.3, -0.25) is 4.79 Å². The third kappa shape index (κ3) is 6.26. The van der Waals surface area contributed by atoms with E-state index in [1.54, 1.807) is 18.2 Å². The highest BCUT2D eigenvalue weighted by Gasteiger charge is 2.16. The Morgan fingerprint density at radius 2 is 1.90 bits per heavy atom. The van der Waals surface area contributed by atoms with Gasteiger partial charge in [0.15, 0.2) is 12.0 Å². The number of aromatic nitrogens is 3. The van der Waals surface area contributed by atoms with Crippen molar-refractivity contribution < 1.29 is 28.5 Å². The molecule has 0 aliphatic carbocycles. The molecule has 0 fully saturated rings. The summed E-state index contributed by atoms with van der Waals surface area (Å²) in [6, 6.07) is 5.00. The van der Waals surface area contributed by atoms with Gasteiger partial charge in [0.05, 0.1) is 27.0 Å². The molecular formula is C19H26N4O6. The third-order valence-corrected chi connectivity index (χ3v) is 3.93. The van der Waals surface area contributed by atoms with E-state index in [9.17, 15) is 9.59 Å². The lowest BCUT2D eigenvalue weighted by atomic mass is 10.1. The lowest BCUT2D eigenvalue weighted by Crippen LogP contribution is -2.24. The van der Waals surface area contributed by atoms with E-state index in [2.05, 4.69) is 15.6 Å². The second kappa shape index (κ2) is 11.1. The van der Waals surface area contributed by atoms with Gasteiger partial charge in [0.25, 0.3) is 5.91 Å². The SMILES string of the molecule is CCOC(Cn1cc(C(=O)NCc2ccc(OC)c(C(=O)OC)c2)nn1)OCC. The molecule has 10 nitrogen and oxygen atoms in total. The van der Waals surface area contributed by atoms with Gasteiger partial charge in [-0.05, 0) is 31.5 Å². The molecule has 1 amide bonds. The lowest BCUT2D eigenvalue weighted by molar-refractivity contribution is -0.145. The van der Waals surface area contributed by atoms with Crippen LogP contribution in [0.25, 0.3) is 0 Å². The molecule has 0 aliphatic heterocycles. The molecule has 0 bridgehead atoms. The first-order chi connectivity index (χ1) is 14.0. The highest BCUT2D eigenvalue weighted by Crippen LogP contribution is 2.20.